The van der Waals surface area contributed by atoms with Gasteiger partial charge in [-0.1, -0.05) is 6.07 Å². The number of anilines is 1. The van der Waals surface area contributed by atoms with E-state index in [4.69, 9.17) is 4.74 Å². The highest BCUT2D eigenvalue weighted by Gasteiger charge is 2.14. The number of benzene rings is 1. The minimum atomic E-state index is -0.305. The third kappa shape index (κ3) is 2.18. The van der Waals surface area contributed by atoms with E-state index in [0.29, 0.717) is 17.3 Å². The van der Waals surface area contributed by atoms with E-state index in [9.17, 15) is 4.79 Å². The lowest BCUT2D eigenvalue weighted by atomic mass is 10.2. The minimum absolute atomic E-state index is 0.305. The Morgan fingerprint density at radius 1 is 1.30 bits per heavy atom. The predicted octanol–water partition coefficient (Wildman–Crippen LogP) is 2.22. The van der Waals surface area contributed by atoms with E-state index >= 15 is 0 Å². The molecule has 0 spiro atoms. The fraction of sp³-hybridized carbons (Fsp3) is 0.0714. The summed E-state index contributed by atoms with van der Waals surface area (Å²) >= 11 is 0. The van der Waals surface area contributed by atoms with Gasteiger partial charge in [0, 0.05) is 17.6 Å². The van der Waals surface area contributed by atoms with E-state index in [1.54, 1.807) is 49.7 Å². The average Bonchev–Trinajstić information content (AvgIpc) is 2.91. The van der Waals surface area contributed by atoms with Crippen molar-refractivity contribution >= 4 is 22.6 Å². The molecule has 0 saturated heterocycles. The smallest absolute Gasteiger partial charge is 0.277 e. The molecule has 6 heteroatoms. The molecular weight excluding hydrogens is 256 g/mol. The van der Waals surface area contributed by atoms with Crippen LogP contribution in [0.4, 0.5) is 5.82 Å². The number of carbonyl (C=O) groups excluding carboxylic acids is 1. The van der Waals surface area contributed by atoms with Gasteiger partial charge in [0.1, 0.15) is 11.6 Å². The molecule has 0 bridgehead atoms. The molecule has 0 aliphatic heterocycles. The molecule has 3 rings (SSSR count). The lowest BCUT2D eigenvalue weighted by molar-refractivity contribution is 0.102. The Morgan fingerprint density at radius 3 is 2.95 bits per heavy atom. The Labute approximate surface area is 114 Å². The second-order valence-corrected chi connectivity index (χ2v) is 4.15. The molecule has 2 heterocycles. The molecule has 2 N–H and O–H groups in total. The van der Waals surface area contributed by atoms with Crippen molar-refractivity contribution < 1.29 is 9.53 Å². The van der Waals surface area contributed by atoms with Gasteiger partial charge in [-0.05, 0) is 24.3 Å². The zero-order chi connectivity index (χ0) is 13.9. The number of nitrogens with zero attached hydrogens (tertiary/aromatic N) is 2. The molecule has 0 atom stereocenters. The van der Waals surface area contributed by atoms with Gasteiger partial charge >= 0.3 is 0 Å². The van der Waals surface area contributed by atoms with Crippen LogP contribution in [0.1, 0.15) is 10.5 Å². The van der Waals surface area contributed by atoms with Crippen molar-refractivity contribution in [3.05, 3.63) is 48.3 Å². The van der Waals surface area contributed by atoms with Gasteiger partial charge in [0.15, 0.2) is 5.69 Å². The highest BCUT2D eigenvalue weighted by atomic mass is 16.5. The molecule has 0 radical (unpaired) electrons. The Balaban J connectivity index is 1.92. The summed E-state index contributed by atoms with van der Waals surface area (Å²) in [5.41, 5.74) is 1.07. The molecule has 0 aliphatic rings. The average molecular weight is 268 g/mol. The molecule has 1 aromatic carbocycles. The van der Waals surface area contributed by atoms with Crippen molar-refractivity contribution in [1.82, 2.24) is 15.2 Å². The van der Waals surface area contributed by atoms with E-state index in [1.807, 2.05) is 0 Å². The number of aromatic nitrogens is 3. The second-order valence-electron chi connectivity index (χ2n) is 4.15. The molecule has 3 aromatic rings. The number of H-pyrrole nitrogens is 1. The predicted molar refractivity (Wildman–Crippen MR) is 74.8 cm³/mol. The van der Waals surface area contributed by atoms with Crippen LogP contribution in [-0.2, 0) is 0 Å². The topological polar surface area (TPSA) is 79.9 Å². The summed E-state index contributed by atoms with van der Waals surface area (Å²) in [5, 5.41) is 10.3. The first kappa shape index (κ1) is 12.2. The van der Waals surface area contributed by atoms with Crippen LogP contribution in [0.5, 0.6) is 5.75 Å². The van der Waals surface area contributed by atoms with Gasteiger partial charge in [0.05, 0.1) is 12.6 Å². The van der Waals surface area contributed by atoms with Crippen LogP contribution in [0, 0.1) is 0 Å². The number of rotatable bonds is 3. The number of aromatic amines is 1. The van der Waals surface area contributed by atoms with E-state index in [0.717, 1.165) is 10.9 Å². The van der Waals surface area contributed by atoms with Gasteiger partial charge in [-0.3, -0.25) is 9.89 Å². The Kier molecular flexibility index (Phi) is 3.04. The summed E-state index contributed by atoms with van der Waals surface area (Å²) in [6.07, 6.45) is 1.61. The zero-order valence-corrected chi connectivity index (χ0v) is 10.8. The second kappa shape index (κ2) is 5.00. The van der Waals surface area contributed by atoms with Crippen LogP contribution >= 0.6 is 0 Å². The molecule has 100 valence electrons. The maximum atomic E-state index is 12.2. The summed E-state index contributed by atoms with van der Waals surface area (Å²) in [5.74, 6) is 0.889. The lowest BCUT2D eigenvalue weighted by Gasteiger charge is -2.02. The quantitative estimate of drug-likeness (QED) is 0.763. The van der Waals surface area contributed by atoms with Crippen molar-refractivity contribution in [3.8, 4) is 5.75 Å². The van der Waals surface area contributed by atoms with Gasteiger partial charge in [-0.15, -0.1) is 0 Å². The van der Waals surface area contributed by atoms with Gasteiger partial charge in [-0.2, -0.15) is 5.10 Å². The normalized spacial score (nSPS) is 10.4. The highest BCUT2D eigenvalue weighted by Crippen LogP contribution is 2.22. The number of pyridine rings is 1. The first-order valence-corrected chi connectivity index (χ1v) is 6.02. The number of hydrogen-bond donors (Lipinski definition) is 2. The lowest BCUT2D eigenvalue weighted by Crippen LogP contribution is -2.13. The third-order valence-corrected chi connectivity index (χ3v) is 2.89. The Hall–Kier alpha value is -2.89. The number of ether oxygens (including phenoxy) is 1. The molecule has 0 saturated carbocycles. The number of fused-ring (bicyclic) bond motifs is 1. The van der Waals surface area contributed by atoms with Crippen LogP contribution in [0.2, 0.25) is 0 Å². The van der Waals surface area contributed by atoms with Crippen molar-refractivity contribution in [2.24, 2.45) is 0 Å². The maximum Gasteiger partial charge on any atom is 0.277 e. The fourth-order valence-corrected chi connectivity index (χ4v) is 1.91. The van der Waals surface area contributed by atoms with Gasteiger partial charge in [-0.25, -0.2) is 4.98 Å². The van der Waals surface area contributed by atoms with Gasteiger partial charge in [0.2, 0.25) is 0 Å². The SMILES string of the molecule is COc1ccc2c(C(=O)Nc3ccccn3)n[nH]c2c1. The zero-order valence-electron chi connectivity index (χ0n) is 10.8. The Bertz CT molecular complexity index is 752. The van der Waals surface area contributed by atoms with E-state index in [1.165, 1.54) is 0 Å². The molecule has 2 aromatic heterocycles. The summed E-state index contributed by atoms with van der Waals surface area (Å²) in [6.45, 7) is 0. The van der Waals surface area contributed by atoms with Gasteiger partial charge in [0.25, 0.3) is 5.91 Å². The minimum Gasteiger partial charge on any atom is -0.497 e. The van der Waals surface area contributed by atoms with Crippen molar-refractivity contribution in [2.45, 2.75) is 0 Å². The van der Waals surface area contributed by atoms with Crippen molar-refractivity contribution in [2.75, 3.05) is 12.4 Å². The molecule has 1 amide bonds. The first-order valence-electron chi connectivity index (χ1n) is 6.02. The number of nitrogens with one attached hydrogen (secondary N) is 2. The fourth-order valence-electron chi connectivity index (χ4n) is 1.91. The first-order chi connectivity index (χ1) is 9.78. The number of methoxy groups -OCH3 is 1. The molecule has 0 fully saturated rings. The summed E-state index contributed by atoms with van der Waals surface area (Å²) < 4.78 is 5.13. The monoisotopic (exact) mass is 268 g/mol. The van der Waals surface area contributed by atoms with Crippen LogP contribution in [0.15, 0.2) is 42.6 Å². The third-order valence-electron chi connectivity index (χ3n) is 2.89. The van der Waals surface area contributed by atoms with E-state index in [-0.39, 0.29) is 5.91 Å². The Morgan fingerprint density at radius 2 is 2.20 bits per heavy atom. The number of hydrogen-bond acceptors (Lipinski definition) is 4. The van der Waals surface area contributed by atoms with E-state index in [2.05, 4.69) is 20.5 Å². The maximum absolute atomic E-state index is 12.2. The molecule has 0 unspecified atom stereocenters. The summed E-state index contributed by atoms with van der Waals surface area (Å²) in [4.78, 5) is 16.2. The van der Waals surface area contributed by atoms with Crippen LogP contribution in [0.25, 0.3) is 10.9 Å². The highest BCUT2D eigenvalue weighted by molar-refractivity contribution is 6.10. The number of amides is 1. The number of carbonyl (C=O) groups is 1. The molecule has 6 nitrogen and oxygen atoms in total. The van der Waals surface area contributed by atoms with Crippen LogP contribution in [0.3, 0.4) is 0 Å². The van der Waals surface area contributed by atoms with Crippen LogP contribution < -0.4 is 10.1 Å². The standard InChI is InChI=1S/C14H12N4O2/c1-20-9-5-6-10-11(8-9)17-18-13(10)14(19)16-12-4-2-3-7-15-12/h2-8H,1H3,(H,17,18)(H,15,16,19). The largest absolute Gasteiger partial charge is 0.497 e. The molecular formula is C14H12N4O2. The van der Waals surface area contributed by atoms with E-state index < -0.39 is 0 Å². The summed E-state index contributed by atoms with van der Waals surface area (Å²) in [7, 11) is 1.59. The van der Waals surface area contributed by atoms with Gasteiger partial charge < -0.3 is 10.1 Å². The van der Waals surface area contributed by atoms with Crippen LogP contribution in [-0.4, -0.2) is 28.2 Å². The molecule has 0 aliphatic carbocycles. The van der Waals surface area contributed by atoms with Crippen molar-refractivity contribution in [3.63, 3.8) is 0 Å². The summed E-state index contributed by atoms with van der Waals surface area (Å²) in [6, 6.07) is 10.7. The molecule has 20 heavy (non-hydrogen) atoms. The van der Waals surface area contributed by atoms with Crippen molar-refractivity contribution in [1.29, 1.82) is 0 Å².